The topological polar surface area (TPSA) is 24.5 Å². The lowest BCUT2D eigenvalue weighted by Gasteiger charge is -2.46. The summed E-state index contributed by atoms with van der Waals surface area (Å²) in [6.45, 7) is 9.36. The van der Waals surface area contributed by atoms with Crippen molar-refractivity contribution in [1.29, 1.82) is 0 Å². The molecule has 1 aliphatic carbocycles. The third kappa shape index (κ3) is 3.32. The summed E-state index contributed by atoms with van der Waals surface area (Å²) in [5, 5.41) is 3.77. The van der Waals surface area contributed by atoms with E-state index in [0.29, 0.717) is 24.2 Å². The van der Waals surface area contributed by atoms with Crippen LogP contribution in [-0.2, 0) is 4.74 Å². The van der Waals surface area contributed by atoms with Gasteiger partial charge >= 0.3 is 0 Å². The Morgan fingerprint density at radius 2 is 2.11 bits per heavy atom. The zero-order valence-corrected chi connectivity index (χ0v) is 13.2. The molecule has 0 amide bonds. The number of hydrogen-bond acceptors (Lipinski definition) is 3. The van der Waals surface area contributed by atoms with Gasteiger partial charge in [0.25, 0.3) is 0 Å². The Hall–Kier alpha value is -0.120. The fraction of sp³-hybridized carbons (Fsp3) is 1.00. The Kier molecular flexibility index (Phi) is 5.67. The second-order valence-corrected chi connectivity index (χ2v) is 6.43. The molecule has 3 heteroatoms. The number of nitrogens with one attached hydrogen (secondary N) is 1. The average Bonchev–Trinajstić information content (AvgIpc) is 2.93. The molecule has 1 saturated carbocycles. The molecule has 3 nitrogen and oxygen atoms in total. The minimum atomic E-state index is 0.463. The van der Waals surface area contributed by atoms with Gasteiger partial charge in [0.15, 0.2) is 0 Å². The van der Waals surface area contributed by atoms with Crippen LogP contribution < -0.4 is 5.32 Å². The molecule has 1 saturated heterocycles. The second kappa shape index (κ2) is 7.05. The van der Waals surface area contributed by atoms with Crippen molar-refractivity contribution >= 4 is 0 Å². The Morgan fingerprint density at radius 3 is 2.74 bits per heavy atom. The molecule has 0 bridgehead atoms. The zero-order chi connectivity index (χ0) is 13.8. The van der Waals surface area contributed by atoms with Gasteiger partial charge in [0.2, 0.25) is 0 Å². The van der Waals surface area contributed by atoms with Gasteiger partial charge in [0.05, 0.1) is 6.10 Å². The quantitative estimate of drug-likeness (QED) is 0.829. The molecule has 0 radical (unpaired) electrons. The molecule has 0 aromatic carbocycles. The third-order valence-corrected chi connectivity index (χ3v) is 5.44. The van der Waals surface area contributed by atoms with Crippen molar-refractivity contribution in [3.05, 3.63) is 0 Å². The van der Waals surface area contributed by atoms with Crippen molar-refractivity contribution in [2.24, 2.45) is 5.92 Å². The molecule has 0 aromatic heterocycles. The first-order valence-electron chi connectivity index (χ1n) is 8.23. The summed E-state index contributed by atoms with van der Waals surface area (Å²) in [7, 11) is 1.89. The number of piperazine rings is 1. The van der Waals surface area contributed by atoms with E-state index in [-0.39, 0.29) is 0 Å². The lowest BCUT2D eigenvalue weighted by molar-refractivity contribution is -0.00956. The van der Waals surface area contributed by atoms with Crippen LogP contribution in [0, 0.1) is 5.92 Å². The fourth-order valence-electron chi connectivity index (χ4n) is 3.86. The van der Waals surface area contributed by atoms with Crippen molar-refractivity contribution in [1.82, 2.24) is 10.2 Å². The van der Waals surface area contributed by atoms with Crippen molar-refractivity contribution in [2.75, 3.05) is 20.2 Å². The van der Waals surface area contributed by atoms with Gasteiger partial charge in [-0.3, -0.25) is 4.90 Å². The van der Waals surface area contributed by atoms with Gasteiger partial charge in [-0.2, -0.15) is 0 Å². The lowest BCUT2D eigenvalue weighted by Crippen LogP contribution is -2.62. The Balaban J connectivity index is 2.05. The molecule has 5 atom stereocenters. The molecule has 2 rings (SSSR count). The molecular weight excluding hydrogens is 236 g/mol. The van der Waals surface area contributed by atoms with E-state index in [2.05, 4.69) is 31.0 Å². The monoisotopic (exact) mass is 268 g/mol. The highest BCUT2D eigenvalue weighted by molar-refractivity contribution is 4.95. The molecule has 112 valence electrons. The molecule has 2 aliphatic rings. The van der Waals surface area contributed by atoms with Crippen LogP contribution in [-0.4, -0.2) is 49.3 Å². The van der Waals surface area contributed by atoms with Gasteiger partial charge in [0, 0.05) is 38.3 Å². The van der Waals surface area contributed by atoms with Crippen LogP contribution in [0.1, 0.15) is 52.9 Å². The van der Waals surface area contributed by atoms with Gasteiger partial charge in [0.1, 0.15) is 0 Å². The molecule has 1 N–H and O–H groups in total. The van der Waals surface area contributed by atoms with Crippen molar-refractivity contribution in [3.63, 3.8) is 0 Å². The van der Waals surface area contributed by atoms with Gasteiger partial charge in [-0.15, -0.1) is 0 Å². The molecule has 2 fully saturated rings. The van der Waals surface area contributed by atoms with Gasteiger partial charge < -0.3 is 10.1 Å². The highest BCUT2D eigenvalue weighted by Crippen LogP contribution is 2.30. The number of nitrogens with zero attached hydrogens (tertiary/aromatic N) is 1. The number of hydrogen-bond donors (Lipinski definition) is 1. The lowest BCUT2D eigenvalue weighted by atomic mass is 9.93. The Morgan fingerprint density at radius 1 is 1.32 bits per heavy atom. The van der Waals surface area contributed by atoms with Crippen LogP contribution in [0.25, 0.3) is 0 Å². The van der Waals surface area contributed by atoms with E-state index in [4.69, 9.17) is 4.74 Å². The highest BCUT2D eigenvalue weighted by atomic mass is 16.5. The van der Waals surface area contributed by atoms with Gasteiger partial charge in [-0.05, 0) is 31.6 Å². The molecule has 0 aromatic rings. The maximum Gasteiger partial charge on any atom is 0.0726 e. The first kappa shape index (κ1) is 15.3. The first-order valence-corrected chi connectivity index (χ1v) is 8.23. The molecule has 5 unspecified atom stereocenters. The second-order valence-electron chi connectivity index (χ2n) is 6.43. The zero-order valence-electron chi connectivity index (χ0n) is 13.2. The van der Waals surface area contributed by atoms with Crippen molar-refractivity contribution < 1.29 is 4.74 Å². The van der Waals surface area contributed by atoms with E-state index in [1.165, 1.54) is 38.6 Å². The standard InChI is InChI=1S/C16H32N2O/c1-5-12(3)14-11-18(13(6-2)10-17-14)15-8-7-9-16(15)19-4/h12-17H,5-11H2,1-4H3. The van der Waals surface area contributed by atoms with Gasteiger partial charge in [-0.25, -0.2) is 0 Å². The van der Waals surface area contributed by atoms with Crippen LogP contribution >= 0.6 is 0 Å². The third-order valence-electron chi connectivity index (χ3n) is 5.44. The maximum atomic E-state index is 5.73. The van der Waals surface area contributed by atoms with E-state index in [9.17, 15) is 0 Å². The average molecular weight is 268 g/mol. The summed E-state index contributed by atoms with van der Waals surface area (Å²) in [5.41, 5.74) is 0. The predicted molar refractivity (Wildman–Crippen MR) is 80.5 cm³/mol. The summed E-state index contributed by atoms with van der Waals surface area (Å²) < 4.78 is 5.73. The smallest absolute Gasteiger partial charge is 0.0726 e. The van der Waals surface area contributed by atoms with Crippen molar-refractivity contribution in [3.8, 4) is 0 Å². The Labute approximate surface area is 119 Å². The normalized spacial score (nSPS) is 38.5. The van der Waals surface area contributed by atoms with Crippen LogP contribution in [0.3, 0.4) is 0 Å². The minimum Gasteiger partial charge on any atom is -0.380 e. The Bertz CT molecular complexity index is 271. The molecular formula is C16H32N2O. The summed E-state index contributed by atoms with van der Waals surface area (Å²) in [6, 6.07) is 2.01. The van der Waals surface area contributed by atoms with Gasteiger partial charge in [-0.1, -0.05) is 27.2 Å². The van der Waals surface area contributed by atoms with Crippen molar-refractivity contribution in [2.45, 2.75) is 77.1 Å². The SMILES string of the molecule is CCC(C)C1CN(C2CCCC2OC)C(CC)CN1. The number of ether oxygens (including phenoxy) is 1. The predicted octanol–water partition coefficient (Wildman–Crippen LogP) is 2.65. The molecule has 1 aliphatic heterocycles. The van der Waals surface area contributed by atoms with Crippen LogP contribution in [0.4, 0.5) is 0 Å². The highest BCUT2D eigenvalue weighted by Gasteiger charge is 2.39. The van der Waals surface area contributed by atoms with E-state index in [0.717, 1.165) is 12.5 Å². The fourth-order valence-corrected chi connectivity index (χ4v) is 3.86. The molecule has 19 heavy (non-hydrogen) atoms. The van der Waals surface area contributed by atoms with Crippen LogP contribution in [0.15, 0.2) is 0 Å². The molecule has 1 heterocycles. The summed E-state index contributed by atoms with van der Waals surface area (Å²) in [5.74, 6) is 0.766. The summed E-state index contributed by atoms with van der Waals surface area (Å²) >= 11 is 0. The van der Waals surface area contributed by atoms with E-state index in [1.54, 1.807) is 0 Å². The van der Waals surface area contributed by atoms with Crippen LogP contribution in [0.5, 0.6) is 0 Å². The summed E-state index contributed by atoms with van der Waals surface area (Å²) in [6.07, 6.45) is 6.87. The minimum absolute atomic E-state index is 0.463. The van der Waals surface area contributed by atoms with Crippen LogP contribution in [0.2, 0.25) is 0 Å². The van der Waals surface area contributed by atoms with E-state index in [1.807, 2.05) is 7.11 Å². The summed E-state index contributed by atoms with van der Waals surface area (Å²) in [4.78, 5) is 2.77. The van der Waals surface area contributed by atoms with E-state index < -0.39 is 0 Å². The van der Waals surface area contributed by atoms with E-state index >= 15 is 0 Å². The largest absolute Gasteiger partial charge is 0.380 e. The number of rotatable bonds is 5. The first-order chi connectivity index (χ1) is 9.21. The molecule has 0 spiro atoms. The number of methoxy groups -OCH3 is 1. The maximum absolute atomic E-state index is 5.73.